The summed E-state index contributed by atoms with van der Waals surface area (Å²) in [4.78, 5) is 0. The fourth-order valence-electron chi connectivity index (χ4n) is 2.79. The van der Waals surface area contributed by atoms with E-state index in [1.54, 1.807) is 18.2 Å². The van der Waals surface area contributed by atoms with Gasteiger partial charge in [0.25, 0.3) is 0 Å². The Kier molecular flexibility index (Phi) is 4.79. The van der Waals surface area contributed by atoms with Crippen LogP contribution in [0.4, 0.5) is 0 Å². The van der Waals surface area contributed by atoms with Gasteiger partial charge in [-0.25, -0.2) is 0 Å². The second-order valence-electron chi connectivity index (χ2n) is 5.49. The van der Waals surface area contributed by atoms with Crippen molar-refractivity contribution < 1.29 is 4.74 Å². The number of nitrogens with zero attached hydrogens (tertiary/aromatic N) is 2. The van der Waals surface area contributed by atoms with Crippen LogP contribution >= 0.6 is 0 Å². The van der Waals surface area contributed by atoms with Crippen LogP contribution in [-0.4, -0.2) is 6.61 Å². The summed E-state index contributed by atoms with van der Waals surface area (Å²) in [6, 6.07) is 23.4. The molecule has 0 radical (unpaired) electrons. The lowest BCUT2D eigenvalue weighted by molar-refractivity contribution is 0.340. The molecule has 0 saturated carbocycles. The molecule has 0 spiro atoms. The molecule has 3 aromatic carbocycles. The quantitative estimate of drug-likeness (QED) is 0.491. The second-order valence-corrected chi connectivity index (χ2v) is 5.49. The summed E-state index contributed by atoms with van der Waals surface area (Å²) < 4.78 is 5.76. The second kappa shape index (κ2) is 7.34. The van der Waals surface area contributed by atoms with Crippen LogP contribution in [0.5, 0.6) is 5.75 Å². The first-order valence-corrected chi connectivity index (χ1v) is 8.03. The lowest BCUT2D eigenvalue weighted by Gasteiger charge is -2.11. The van der Waals surface area contributed by atoms with Crippen LogP contribution in [0.2, 0.25) is 0 Å². The standard InChI is InChI=1S/C22H16N2O/c1-2-25-22-11-10-17-7-3-4-9-20(17)21(22)13-19(15-24)18-8-5-6-16(12-18)14-23/h3-13H,2H2,1H3/b19-13+. The molecule has 0 unspecified atom stereocenters. The van der Waals surface area contributed by atoms with E-state index >= 15 is 0 Å². The first-order chi connectivity index (χ1) is 12.3. The minimum atomic E-state index is 0.495. The van der Waals surface area contributed by atoms with Crippen LogP contribution in [0, 0.1) is 22.7 Å². The Morgan fingerprint density at radius 1 is 1.04 bits per heavy atom. The van der Waals surface area contributed by atoms with Crippen molar-refractivity contribution >= 4 is 22.4 Å². The van der Waals surface area contributed by atoms with E-state index in [1.807, 2.05) is 55.5 Å². The molecule has 0 aliphatic carbocycles. The average molecular weight is 324 g/mol. The van der Waals surface area contributed by atoms with Crippen LogP contribution in [0.25, 0.3) is 22.4 Å². The number of benzene rings is 3. The smallest absolute Gasteiger partial charge is 0.127 e. The van der Waals surface area contributed by atoms with Crippen LogP contribution in [0.15, 0.2) is 60.7 Å². The third-order valence-electron chi connectivity index (χ3n) is 3.94. The van der Waals surface area contributed by atoms with Gasteiger partial charge in [-0.1, -0.05) is 42.5 Å². The van der Waals surface area contributed by atoms with Crippen molar-refractivity contribution in [3.8, 4) is 17.9 Å². The van der Waals surface area contributed by atoms with Crippen molar-refractivity contribution in [1.82, 2.24) is 0 Å². The zero-order chi connectivity index (χ0) is 17.6. The summed E-state index contributed by atoms with van der Waals surface area (Å²) >= 11 is 0. The van der Waals surface area contributed by atoms with Crippen LogP contribution in [0.1, 0.15) is 23.6 Å². The van der Waals surface area contributed by atoms with Gasteiger partial charge in [0, 0.05) is 5.56 Å². The minimum Gasteiger partial charge on any atom is -0.493 e. The topological polar surface area (TPSA) is 56.8 Å². The number of hydrogen-bond donors (Lipinski definition) is 0. The molecule has 120 valence electrons. The molecule has 0 amide bonds. The first kappa shape index (κ1) is 16.3. The number of hydrogen-bond acceptors (Lipinski definition) is 3. The van der Waals surface area contributed by atoms with Gasteiger partial charge in [0.1, 0.15) is 5.75 Å². The van der Waals surface area contributed by atoms with E-state index in [0.717, 1.165) is 27.6 Å². The van der Waals surface area contributed by atoms with Gasteiger partial charge in [0.2, 0.25) is 0 Å². The fourth-order valence-corrected chi connectivity index (χ4v) is 2.79. The molecule has 25 heavy (non-hydrogen) atoms. The van der Waals surface area contributed by atoms with E-state index in [-0.39, 0.29) is 0 Å². The largest absolute Gasteiger partial charge is 0.493 e. The van der Waals surface area contributed by atoms with Crippen molar-refractivity contribution in [1.29, 1.82) is 10.5 Å². The van der Waals surface area contributed by atoms with Crippen LogP contribution in [0.3, 0.4) is 0 Å². The SMILES string of the molecule is CCOc1ccc2ccccc2c1/C=C(\C#N)c1cccc(C#N)c1. The number of rotatable bonds is 4. The first-order valence-electron chi connectivity index (χ1n) is 8.03. The molecule has 0 aromatic heterocycles. The molecular weight excluding hydrogens is 308 g/mol. The monoisotopic (exact) mass is 324 g/mol. The normalized spacial score (nSPS) is 10.9. The molecular formula is C22H16N2O. The van der Waals surface area contributed by atoms with E-state index in [0.29, 0.717) is 17.7 Å². The Hall–Kier alpha value is -3.56. The molecule has 0 atom stereocenters. The Bertz CT molecular complexity index is 1040. The number of ether oxygens (including phenoxy) is 1. The summed E-state index contributed by atoms with van der Waals surface area (Å²) in [5, 5.41) is 20.9. The molecule has 0 bridgehead atoms. The molecule has 0 aliphatic heterocycles. The van der Waals surface area contributed by atoms with Crippen molar-refractivity contribution in [2.45, 2.75) is 6.92 Å². The highest BCUT2D eigenvalue weighted by Crippen LogP contribution is 2.32. The fraction of sp³-hybridized carbons (Fsp3) is 0.0909. The van der Waals surface area contributed by atoms with E-state index in [1.165, 1.54) is 0 Å². The van der Waals surface area contributed by atoms with Gasteiger partial charge in [-0.15, -0.1) is 0 Å². The predicted molar refractivity (Wildman–Crippen MR) is 99.8 cm³/mol. The summed E-state index contributed by atoms with van der Waals surface area (Å²) in [5.74, 6) is 0.741. The maximum atomic E-state index is 9.66. The molecule has 0 aliphatic rings. The highest BCUT2D eigenvalue weighted by molar-refractivity contribution is 6.00. The predicted octanol–water partition coefficient (Wildman–Crippen LogP) is 5.17. The highest BCUT2D eigenvalue weighted by Gasteiger charge is 2.10. The van der Waals surface area contributed by atoms with Crippen molar-refractivity contribution in [2.75, 3.05) is 6.61 Å². The van der Waals surface area contributed by atoms with Crippen molar-refractivity contribution in [3.63, 3.8) is 0 Å². The molecule has 0 heterocycles. The van der Waals surface area contributed by atoms with Gasteiger partial charge in [0.15, 0.2) is 0 Å². The van der Waals surface area contributed by atoms with Gasteiger partial charge < -0.3 is 4.74 Å². The van der Waals surface area contributed by atoms with E-state index in [2.05, 4.69) is 12.1 Å². The van der Waals surface area contributed by atoms with Crippen molar-refractivity contribution in [2.24, 2.45) is 0 Å². The van der Waals surface area contributed by atoms with E-state index < -0.39 is 0 Å². The van der Waals surface area contributed by atoms with Crippen molar-refractivity contribution in [3.05, 3.63) is 77.4 Å². The number of nitriles is 2. The van der Waals surface area contributed by atoms with Gasteiger partial charge in [0.05, 0.1) is 29.9 Å². The third-order valence-corrected chi connectivity index (χ3v) is 3.94. The summed E-state index contributed by atoms with van der Waals surface area (Å²) in [6.07, 6.45) is 1.84. The van der Waals surface area contributed by atoms with Crippen LogP contribution < -0.4 is 4.74 Å². The maximum Gasteiger partial charge on any atom is 0.127 e. The molecule has 3 heteroatoms. The molecule has 0 saturated heterocycles. The number of fused-ring (bicyclic) bond motifs is 1. The molecule has 0 fully saturated rings. The van der Waals surface area contributed by atoms with Gasteiger partial charge in [-0.3, -0.25) is 0 Å². The summed E-state index contributed by atoms with van der Waals surface area (Å²) in [5.41, 5.74) is 2.62. The van der Waals surface area contributed by atoms with E-state index in [9.17, 15) is 5.26 Å². The third kappa shape index (κ3) is 3.37. The van der Waals surface area contributed by atoms with Crippen LogP contribution in [-0.2, 0) is 0 Å². The summed E-state index contributed by atoms with van der Waals surface area (Å²) in [6.45, 7) is 2.48. The maximum absolute atomic E-state index is 9.66. The lowest BCUT2D eigenvalue weighted by atomic mass is 9.98. The Morgan fingerprint density at radius 2 is 1.88 bits per heavy atom. The van der Waals surface area contributed by atoms with E-state index in [4.69, 9.17) is 10.00 Å². The molecule has 3 nitrogen and oxygen atoms in total. The number of allylic oxidation sites excluding steroid dienone is 1. The molecule has 0 N–H and O–H groups in total. The average Bonchev–Trinajstić information content (AvgIpc) is 2.67. The zero-order valence-corrected chi connectivity index (χ0v) is 13.9. The highest BCUT2D eigenvalue weighted by atomic mass is 16.5. The Labute approximate surface area is 147 Å². The minimum absolute atomic E-state index is 0.495. The van der Waals surface area contributed by atoms with Gasteiger partial charge in [-0.05, 0) is 47.5 Å². The zero-order valence-electron chi connectivity index (χ0n) is 13.9. The Balaban J connectivity index is 2.23. The molecule has 3 aromatic rings. The van der Waals surface area contributed by atoms with Gasteiger partial charge >= 0.3 is 0 Å². The lowest BCUT2D eigenvalue weighted by Crippen LogP contribution is -1.95. The van der Waals surface area contributed by atoms with Gasteiger partial charge in [-0.2, -0.15) is 10.5 Å². The summed E-state index contributed by atoms with van der Waals surface area (Å²) in [7, 11) is 0. The molecule has 3 rings (SSSR count). The Morgan fingerprint density at radius 3 is 2.64 bits per heavy atom.